The van der Waals surface area contributed by atoms with E-state index in [4.69, 9.17) is 0 Å². The molecule has 1 aromatic heterocycles. The molecule has 3 N–H and O–H groups in total. The van der Waals surface area contributed by atoms with Crippen LogP contribution < -0.4 is 10.6 Å². The van der Waals surface area contributed by atoms with Gasteiger partial charge in [0.05, 0.1) is 11.9 Å². The molecule has 2 aromatic rings. The van der Waals surface area contributed by atoms with Gasteiger partial charge in [-0.3, -0.25) is 5.10 Å². The van der Waals surface area contributed by atoms with Crippen molar-refractivity contribution in [2.75, 3.05) is 5.32 Å². The van der Waals surface area contributed by atoms with Crippen LogP contribution in [0, 0.1) is 12.7 Å². The average molecular weight is 248 g/mol. The maximum Gasteiger partial charge on any atom is 0.319 e. The van der Waals surface area contributed by atoms with E-state index in [0.717, 1.165) is 11.3 Å². The number of amides is 2. The summed E-state index contributed by atoms with van der Waals surface area (Å²) in [6, 6.07) is 5.54. The number of benzene rings is 1. The van der Waals surface area contributed by atoms with Gasteiger partial charge in [-0.15, -0.1) is 0 Å². The standard InChI is InChI=1S/C12H13FN4O/c1-8-9(7-15-17-8)6-14-12(18)16-11-5-3-2-4-10(11)13/h2-5,7H,6H2,1H3,(H,15,17)(H2,14,16,18). The second-order valence-electron chi connectivity index (χ2n) is 3.81. The van der Waals surface area contributed by atoms with E-state index in [-0.39, 0.29) is 5.69 Å². The molecule has 0 spiro atoms. The lowest BCUT2D eigenvalue weighted by atomic mass is 10.3. The quantitative estimate of drug-likeness (QED) is 0.779. The van der Waals surface area contributed by atoms with Crippen molar-refractivity contribution in [2.45, 2.75) is 13.5 Å². The second kappa shape index (κ2) is 5.31. The first-order valence-electron chi connectivity index (χ1n) is 5.45. The van der Waals surface area contributed by atoms with Crippen molar-refractivity contribution in [3.8, 4) is 0 Å². The molecule has 0 saturated heterocycles. The van der Waals surface area contributed by atoms with Gasteiger partial charge in [-0.25, -0.2) is 9.18 Å². The zero-order valence-electron chi connectivity index (χ0n) is 9.83. The number of urea groups is 1. The predicted molar refractivity (Wildman–Crippen MR) is 65.6 cm³/mol. The second-order valence-corrected chi connectivity index (χ2v) is 3.81. The summed E-state index contributed by atoms with van der Waals surface area (Å²) in [6.07, 6.45) is 1.64. The SMILES string of the molecule is Cc1[nH]ncc1CNC(=O)Nc1ccccc1F. The molecule has 0 aliphatic heterocycles. The van der Waals surface area contributed by atoms with Crippen LogP contribution in [-0.2, 0) is 6.54 Å². The Hall–Kier alpha value is -2.37. The average Bonchev–Trinajstić information content (AvgIpc) is 2.75. The van der Waals surface area contributed by atoms with Gasteiger partial charge in [-0.2, -0.15) is 5.10 Å². The Bertz CT molecular complexity index is 553. The van der Waals surface area contributed by atoms with E-state index in [9.17, 15) is 9.18 Å². The number of rotatable bonds is 3. The van der Waals surface area contributed by atoms with Crippen LogP contribution in [0.1, 0.15) is 11.3 Å². The minimum absolute atomic E-state index is 0.152. The van der Waals surface area contributed by atoms with Gasteiger partial charge >= 0.3 is 6.03 Å². The molecule has 2 rings (SSSR count). The molecule has 1 aromatic carbocycles. The summed E-state index contributed by atoms with van der Waals surface area (Å²) in [6.45, 7) is 2.20. The molecule has 0 aliphatic carbocycles. The van der Waals surface area contributed by atoms with E-state index in [0.29, 0.717) is 6.54 Å². The van der Waals surface area contributed by atoms with Crippen molar-refractivity contribution in [2.24, 2.45) is 0 Å². The van der Waals surface area contributed by atoms with Crippen LogP contribution in [0.3, 0.4) is 0 Å². The molecular weight excluding hydrogens is 235 g/mol. The van der Waals surface area contributed by atoms with Crippen LogP contribution in [0.25, 0.3) is 0 Å². The molecule has 2 amide bonds. The summed E-state index contributed by atoms with van der Waals surface area (Å²) in [7, 11) is 0. The minimum atomic E-state index is -0.466. The molecule has 0 bridgehead atoms. The van der Waals surface area contributed by atoms with Gasteiger partial charge in [-0.1, -0.05) is 12.1 Å². The highest BCUT2D eigenvalue weighted by atomic mass is 19.1. The van der Waals surface area contributed by atoms with Gasteiger partial charge in [0, 0.05) is 17.8 Å². The highest BCUT2D eigenvalue weighted by molar-refractivity contribution is 5.89. The van der Waals surface area contributed by atoms with Crippen LogP contribution >= 0.6 is 0 Å². The number of carbonyl (C=O) groups excluding carboxylic acids is 1. The lowest BCUT2D eigenvalue weighted by molar-refractivity contribution is 0.251. The number of aromatic amines is 1. The third kappa shape index (κ3) is 2.85. The number of nitrogens with one attached hydrogen (secondary N) is 3. The van der Waals surface area contributed by atoms with Gasteiger partial charge in [-0.05, 0) is 19.1 Å². The first-order valence-corrected chi connectivity index (χ1v) is 5.45. The number of nitrogens with zero attached hydrogens (tertiary/aromatic N) is 1. The fourth-order valence-electron chi connectivity index (χ4n) is 1.46. The normalized spacial score (nSPS) is 10.1. The Morgan fingerprint density at radius 2 is 2.22 bits per heavy atom. The zero-order chi connectivity index (χ0) is 13.0. The Balaban J connectivity index is 1.90. The van der Waals surface area contributed by atoms with Crippen molar-refractivity contribution >= 4 is 11.7 Å². The highest BCUT2D eigenvalue weighted by Gasteiger charge is 2.06. The van der Waals surface area contributed by atoms with E-state index < -0.39 is 11.8 Å². The van der Waals surface area contributed by atoms with E-state index in [1.54, 1.807) is 18.3 Å². The Kier molecular flexibility index (Phi) is 3.57. The Labute approximate surface area is 103 Å². The number of hydrogen-bond donors (Lipinski definition) is 3. The molecule has 5 nitrogen and oxygen atoms in total. The predicted octanol–water partition coefficient (Wildman–Crippen LogP) is 2.18. The van der Waals surface area contributed by atoms with Gasteiger partial charge in [0.25, 0.3) is 0 Å². The Morgan fingerprint density at radius 3 is 2.89 bits per heavy atom. The van der Waals surface area contributed by atoms with E-state index in [1.165, 1.54) is 12.1 Å². The fourth-order valence-corrected chi connectivity index (χ4v) is 1.46. The molecule has 0 unspecified atom stereocenters. The summed E-state index contributed by atoms with van der Waals surface area (Å²) in [4.78, 5) is 11.6. The van der Waals surface area contributed by atoms with Crippen LogP contribution in [-0.4, -0.2) is 16.2 Å². The number of hydrogen-bond acceptors (Lipinski definition) is 2. The maximum absolute atomic E-state index is 13.3. The molecule has 0 aliphatic rings. The monoisotopic (exact) mass is 248 g/mol. The van der Waals surface area contributed by atoms with Crippen LogP contribution in [0.4, 0.5) is 14.9 Å². The fraction of sp³-hybridized carbons (Fsp3) is 0.167. The summed E-state index contributed by atoms with van der Waals surface area (Å²) in [5.41, 5.74) is 1.93. The Morgan fingerprint density at radius 1 is 1.44 bits per heavy atom. The van der Waals surface area contributed by atoms with Crippen molar-refractivity contribution in [3.63, 3.8) is 0 Å². The first-order chi connectivity index (χ1) is 8.66. The van der Waals surface area contributed by atoms with Crippen molar-refractivity contribution < 1.29 is 9.18 Å². The number of anilines is 1. The van der Waals surface area contributed by atoms with E-state index in [2.05, 4.69) is 20.8 Å². The number of aromatic nitrogens is 2. The third-order valence-corrected chi connectivity index (χ3v) is 2.50. The minimum Gasteiger partial charge on any atom is -0.334 e. The molecule has 6 heteroatoms. The summed E-state index contributed by atoms with van der Waals surface area (Å²) >= 11 is 0. The lowest BCUT2D eigenvalue weighted by Crippen LogP contribution is -2.28. The van der Waals surface area contributed by atoms with Crippen molar-refractivity contribution in [3.05, 3.63) is 47.5 Å². The van der Waals surface area contributed by atoms with Gasteiger partial charge in [0.2, 0.25) is 0 Å². The van der Waals surface area contributed by atoms with Crippen molar-refractivity contribution in [1.82, 2.24) is 15.5 Å². The number of carbonyl (C=O) groups is 1. The van der Waals surface area contributed by atoms with Crippen LogP contribution in [0.5, 0.6) is 0 Å². The van der Waals surface area contributed by atoms with Gasteiger partial charge in [0.15, 0.2) is 0 Å². The molecular formula is C12H13FN4O. The van der Waals surface area contributed by atoms with Gasteiger partial charge < -0.3 is 10.6 Å². The molecule has 1 heterocycles. The summed E-state index contributed by atoms with van der Waals surface area (Å²) in [5, 5.41) is 11.7. The molecule has 0 radical (unpaired) electrons. The number of para-hydroxylation sites is 1. The lowest BCUT2D eigenvalue weighted by Gasteiger charge is -2.07. The summed E-state index contributed by atoms with van der Waals surface area (Å²) < 4.78 is 13.3. The molecule has 0 saturated carbocycles. The largest absolute Gasteiger partial charge is 0.334 e. The molecule has 0 fully saturated rings. The van der Waals surface area contributed by atoms with Crippen LogP contribution in [0.2, 0.25) is 0 Å². The molecule has 94 valence electrons. The number of halogens is 1. The molecule has 18 heavy (non-hydrogen) atoms. The van der Waals surface area contributed by atoms with Gasteiger partial charge in [0.1, 0.15) is 5.82 Å². The zero-order valence-corrected chi connectivity index (χ0v) is 9.83. The number of aryl methyl sites for hydroxylation is 1. The molecule has 0 atom stereocenters. The first kappa shape index (κ1) is 12.1. The highest BCUT2D eigenvalue weighted by Crippen LogP contribution is 2.12. The van der Waals surface area contributed by atoms with E-state index in [1.807, 2.05) is 6.92 Å². The summed E-state index contributed by atoms with van der Waals surface area (Å²) in [5.74, 6) is -0.466. The topological polar surface area (TPSA) is 69.8 Å². The van der Waals surface area contributed by atoms with Crippen molar-refractivity contribution in [1.29, 1.82) is 0 Å². The maximum atomic E-state index is 13.3. The number of H-pyrrole nitrogens is 1. The smallest absolute Gasteiger partial charge is 0.319 e. The van der Waals surface area contributed by atoms with Crippen LogP contribution in [0.15, 0.2) is 30.5 Å². The third-order valence-electron chi connectivity index (χ3n) is 2.50. The van der Waals surface area contributed by atoms with E-state index >= 15 is 0 Å².